The van der Waals surface area contributed by atoms with Crippen LogP contribution in [0.1, 0.15) is 12.5 Å². The largest absolute Gasteiger partial charge is 0.471 e. The zero-order valence-electron chi connectivity index (χ0n) is 29.3. The number of rotatable bonds is 11. The number of fused-ring (bicyclic) bond motifs is 2. The van der Waals surface area contributed by atoms with E-state index in [9.17, 15) is 55.2 Å². The Morgan fingerprint density at radius 2 is 1.49 bits per heavy atom. The van der Waals surface area contributed by atoms with Gasteiger partial charge in [0.15, 0.2) is 11.9 Å². The van der Waals surface area contributed by atoms with Crippen LogP contribution >= 0.6 is 0 Å². The number of hydrogen-bond acceptors (Lipinski definition) is 19. The molecule has 300 valence electrons. The summed E-state index contributed by atoms with van der Waals surface area (Å²) in [6.45, 7) is 0.110. The highest BCUT2D eigenvalue weighted by Crippen LogP contribution is 2.51. The molecule has 8 N–H and O–H groups in total. The van der Waals surface area contributed by atoms with Crippen LogP contribution in [0.4, 0.5) is 0 Å². The Morgan fingerprint density at radius 3 is 2.11 bits per heavy atom. The van der Waals surface area contributed by atoms with E-state index in [0.717, 1.165) is 12.3 Å². The Labute approximate surface area is 312 Å². The lowest BCUT2D eigenvalue weighted by Gasteiger charge is -2.44. The molecule has 15 atom stereocenters. The minimum atomic E-state index is -1.79. The Morgan fingerprint density at radius 1 is 0.873 bits per heavy atom. The van der Waals surface area contributed by atoms with Crippen LogP contribution in [0, 0.1) is 11.8 Å². The Hall–Kier alpha value is -4.25. The van der Waals surface area contributed by atoms with Crippen LogP contribution in [0.5, 0.6) is 5.75 Å². The average Bonchev–Trinajstić information content (AvgIpc) is 3.73. The molecule has 55 heavy (non-hydrogen) atoms. The summed E-state index contributed by atoms with van der Waals surface area (Å²) < 4.78 is 44.3. The van der Waals surface area contributed by atoms with Gasteiger partial charge in [-0.05, 0) is 42.8 Å². The Kier molecular flexibility index (Phi) is 12.1. The standard InChI is InChI=1S/C36H42O19/c1-15(50-23(39)8-5-16-3-6-17(7-4-16)51-34-29(44)27(42)25(40)21(12-37)52-34)19-11-36(55-32(19)47)10-9-18-20(31(46)48-2)14-49-33(24(18)36)54-35-30(45)28(43)26(41)22(13-38)53-35/h3-11,14-15,18,21-22,24-30,33-35,37-38,40-45H,12-13H2,1-2H3/t15-,18+,21+,22+,24+,25+,26+,27-,28-,29+,30+,33+,34+,35-,36+/m0/s1. The smallest absolute Gasteiger partial charge is 0.338 e. The van der Waals surface area contributed by atoms with Crippen LogP contribution in [-0.4, -0.2) is 158 Å². The summed E-state index contributed by atoms with van der Waals surface area (Å²) in [5, 5.41) is 80.2. The first-order chi connectivity index (χ1) is 26.2. The molecule has 6 rings (SSSR count). The van der Waals surface area contributed by atoms with Crippen LogP contribution in [0.3, 0.4) is 0 Å². The van der Waals surface area contributed by atoms with Crippen molar-refractivity contribution in [3.8, 4) is 5.75 Å². The zero-order valence-corrected chi connectivity index (χ0v) is 29.3. The highest BCUT2D eigenvalue weighted by atomic mass is 16.8. The molecule has 4 heterocycles. The SMILES string of the molecule is COC(=O)C1=CO[C@H](O[C@@H]2O[C@H](CO)[C@@H](O)[C@H](O)[C@H]2O)[C@H]2[C@@H]1C=C[C@@]21C=C([C@H](C)OC(=O)C=Cc2ccc(O[C@@H]3O[C@H](CO)[C@@H](O)[C@H](O)[C@H]3O)cc2)C(=O)O1. The highest BCUT2D eigenvalue weighted by molar-refractivity contribution is 5.95. The van der Waals surface area contributed by atoms with Gasteiger partial charge in [0.2, 0.25) is 12.6 Å². The second kappa shape index (κ2) is 16.5. The molecule has 1 spiro atoms. The minimum absolute atomic E-state index is 0.0465. The highest BCUT2D eigenvalue weighted by Gasteiger charge is 2.60. The summed E-state index contributed by atoms with van der Waals surface area (Å²) in [7, 11) is 1.17. The van der Waals surface area contributed by atoms with E-state index in [0.29, 0.717) is 5.56 Å². The summed E-state index contributed by atoms with van der Waals surface area (Å²) >= 11 is 0. The van der Waals surface area contributed by atoms with E-state index in [1.165, 1.54) is 44.4 Å². The number of carbonyl (C=O) groups is 3. The molecule has 2 fully saturated rings. The molecule has 0 amide bonds. The monoisotopic (exact) mass is 778 g/mol. The van der Waals surface area contributed by atoms with Crippen LogP contribution in [0.15, 0.2) is 66.0 Å². The van der Waals surface area contributed by atoms with Gasteiger partial charge < -0.3 is 78.7 Å². The lowest BCUT2D eigenvalue weighted by Crippen LogP contribution is -2.60. The van der Waals surface area contributed by atoms with Crippen molar-refractivity contribution in [2.24, 2.45) is 11.8 Å². The van der Waals surface area contributed by atoms with E-state index in [1.807, 2.05) is 0 Å². The lowest BCUT2D eigenvalue weighted by molar-refractivity contribution is -0.344. The third-order valence-electron chi connectivity index (χ3n) is 10.0. The van der Waals surface area contributed by atoms with Crippen molar-refractivity contribution in [2.45, 2.75) is 86.3 Å². The van der Waals surface area contributed by atoms with Gasteiger partial charge in [-0.15, -0.1) is 0 Å². The fourth-order valence-electron chi connectivity index (χ4n) is 6.96. The number of methoxy groups -OCH3 is 1. The Balaban J connectivity index is 1.13. The average molecular weight is 779 g/mol. The number of hydrogen-bond donors (Lipinski definition) is 8. The molecular formula is C36H42O19. The van der Waals surface area contributed by atoms with E-state index in [2.05, 4.69) is 0 Å². The molecule has 4 aliphatic heterocycles. The van der Waals surface area contributed by atoms with Crippen LogP contribution in [0.25, 0.3) is 6.08 Å². The van der Waals surface area contributed by atoms with E-state index < -0.39 is 122 Å². The van der Waals surface area contributed by atoms with E-state index in [1.54, 1.807) is 18.2 Å². The summed E-state index contributed by atoms with van der Waals surface area (Å²) in [6, 6.07) is 6.09. The number of ether oxygens (including phenoxy) is 8. The zero-order chi connectivity index (χ0) is 39.8. The van der Waals surface area contributed by atoms with Crippen molar-refractivity contribution in [1.29, 1.82) is 0 Å². The molecule has 1 aromatic carbocycles. The maximum atomic E-state index is 13.3. The van der Waals surface area contributed by atoms with E-state index >= 15 is 0 Å². The summed E-state index contributed by atoms with van der Waals surface area (Å²) in [6.07, 6.45) is -9.86. The quantitative estimate of drug-likeness (QED) is 0.0483. The summed E-state index contributed by atoms with van der Waals surface area (Å²) in [5.41, 5.74) is -1.12. The molecule has 1 aromatic rings. The van der Waals surface area contributed by atoms with Crippen LogP contribution in [-0.2, 0) is 47.5 Å². The molecule has 0 saturated carbocycles. The van der Waals surface area contributed by atoms with Crippen molar-refractivity contribution >= 4 is 24.0 Å². The van der Waals surface area contributed by atoms with Crippen LogP contribution in [0.2, 0.25) is 0 Å². The van der Waals surface area contributed by atoms with Crippen molar-refractivity contribution < 1.29 is 93.1 Å². The number of esters is 3. The van der Waals surface area contributed by atoms with Gasteiger partial charge in [-0.25, -0.2) is 14.4 Å². The molecule has 1 aliphatic carbocycles. The normalized spacial score (nSPS) is 38.8. The summed E-state index contributed by atoms with van der Waals surface area (Å²) in [5.74, 6) is -4.10. The third-order valence-corrected chi connectivity index (χ3v) is 10.0. The van der Waals surface area contributed by atoms with E-state index in [-0.39, 0.29) is 16.9 Å². The molecule has 5 aliphatic rings. The van der Waals surface area contributed by atoms with Crippen molar-refractivity contribution in [3.63, 3.8) is 0 Å². The first-order valence-electron chi connectivity index (χ1n) is 17.2. The van der Waals surface area contributed by atoms with Gasteiger partial charge in [0, 0.05) is 12.0 Å². The number of allylic oxidation sites excluding steroid dienone is 1. The lowest BCUT2D eigenvalue weighted by atomic mass is 9.78. The van der Waals surface area contributed by atoms with Gasteiger partial charge in [0.05, 0.1) is 43.6 Å². The second-order valence-electron chi connectivity index (χ2n) is 13.5. The van der Waals surface area contributed by atoms with E-state index in [4.69, 9.17) is 37.9 Å². The molecule has 0 bridgehead atoms. The molecular weight excluding hydrogens is 736 g/mol. The third kappa shape index (κ3) is 7.91. The molecule has 0 radical (unpaired) electrons. The fraction of sp³-hybridized carbons (Fsp3) is 0.528. The predicted molar refractivity (Wildman–Crippen MR) is 178 cm³/mol. The van der Waals surface area contributed by atoms with Gasteiger partial charge >= 0.3 is 17.9 Å². The topological polar surface area (TPSA) is 287 Å². The molecule has 0 aromatic heterocycles. The maximum absolute atomic E-state index is 13.3. The number of benzene rings is 1. The minimum Gasteiger partial charge on any atom is -0.471 e. The van der Waals surface area contributed by atoms with Crippen molar-refractivity contribution in [3.05, 3.63) is 71.5 Å². The Bertz CT molecular complexity index is 1700. The van der Waals surface area contributed by atoms with Gasteiger partial charge in [0.25, 0.3) is 0 Å². The first-order valence-corrected chi connectivity index (χ1v) is 17.2. The molecule has 19 heteroatoms. The molecule has 19 nitrogen and oxygen atoms in total. The van der Waals surface area contributed by atoms with Crippen LogP contribution < -0.4 is 4.74 Å². The first kappa shape index (κ1) is 40.4. The van der Waals surface area contributed by atoms with Crippen molar-refractivity contribution in [1.82, 2.24) is 0 Å². The fourth-order valence-corrected chi connectivity index (χ4v) is 6.96. The van der Waals surface area contributed by atoms with Gasteiger partial charge in [0.1, 0.15) is 60.7 Å². The van der Waals surface area contributed by atoms with Gasteiger partial charge in [-0.2, -0.15) is 0 Å². The number of aliphatic hydroxyl groups excluding tert-OH is 8. The summed E-state index contributed by atoms with van der Waals surface area (Å²) in [4.78, 5) is 38.8. The number of carbonyl (C=O) groups excluding carboxylic acids is 3. The van der Waals surface area contributed by atoms with Gasteiger partial charge in [-0.3, -0.25) is 0 Å². The molecule has 2 saturated heterocycles. The number of aliphatic hydroxyl groups is 8. The predicted octanol–water partition coefficient (Wildman–Crippen LogP) is -2.94. The van der Waals surface area contributed by atoms with Crippen molar-refractivity contribution in [2.75, 3.05) is 20.3 Å². The maximum Gasteiger partial charge on any atom is 0.338 e. The second-order valence-corrected chi connectivity index (χ2v) is 13.5. The molecule has 0 unspecified atom stereocenters. The van der Waals surface area contributed by atoms with Gasteiger partial charge in [-0.1, -0.05) is 18.2 Å².